The highest BCUT2D eigenvalue weighted by molar-refractivity contribution is 9.10. The Morgan fingerprint density at radius 3 is 1.67 bits per heavy atom. The number of benzene rings is 4. The van der Waals surface area contributed by atoms with E-state index in [-0.39, 0.29) is 29.2 Å². The SMILES string of the molecule is COc1cccc(C(C)Br)c1.COc1cccc(C(C)N2C(=O)N(c3ccc(Br)cc3)CC23CC3)c1.O=C1NC2(CC2)CN1c1ccc(Br)cc1. The third-order valence-electron chi connectivity index (χ3n) is 9.95. The minimum Gasteiger partial charge on any atom is -0.497 e. The van der Waals surface area contributed by atoms with E-state index in [2.05, 4.69) is 84.0 Å². The molecule has 11 heteroatoms. The predicted molar refractivity (Wildman–Crippen MR) is 214 cm³/mol. The maximum atomic E-state index is 13.2. The number of anilines is 2. The number of ether oxygens (including phenoxy) is 2. The Bertz CT molecular complexity index is 1850. The fraction of sp³-hybridized carbons (Fsp3) is 0.350. The van der Waals surface area contributed by atoms with E-state index >= 15 is 0 Å². The first-order valence-electron chi connectivity index (χ1n) is 17.1. The van der Waals surface area contributed by atoms with Crippen LogP contribution >= 0.6 is 47.8 Å². The van der Waals surface area contributed by atoms with Gasteiger partial charge in [-0.2, -0.15) is 0 Å². The minimum absolute atomic E-state index is 0.0190. The van der Waals surface area contributed by atoms with Crippen LogP contribution in [0.5, 0.6) is 11.5 Å². The number of methoxy groups -OCH3 is 2. The molecule has 0 bridgehead atoms. The molecule has 4 aromatic carbocycles. The summed E-state index contributed by atoms with van der Waals surface area (Å²) in [4.78, 5) is 31.1. The summed E-state index contributed by atoms with van der Waals surface area (Å²) in [7, 11) is 3.35. The number of carbonyl (C=O) groups excluding carboxylic acids is 2. The molecule has 0 aromatic heterocycles. The standard InChI is InChI=1S/C20H21BrN2O2.C11H11BrN2O.C9H11BrO/c1-14(15-4-3-5-18(12-15)25-2)23-19(24)22(13-20(23)10-11-20)17-8-6-16(21)7-9-17;12-8-1-3-9(4-2-8)14-7-11(5-6-11)13-10(14)15;1-7(10)8-4-3-5-9(6-8)11-2/h3-9,12,14H,10-11,13H2,1-2H3;1-4H,5-7H2,(H,13,15);3-7H,1-2H3. The highest BCUT2D eigenvalue weighted by atomic mass is 79.9. The van der Waals surface area contributed by atoms with E-state index in [1.54, 1.807) is 14.2 Å². The third-order valence-corrected chi connectivity index (χ3v) is 11.5. The molecule has 4 aliphatic rings. The van der Waals surface area contributed by atoms with Gasteiger partial charge in [0.2, 0.25) is 0 Å². The number of amides is 4. The lowest BCUT2D eigenvalue weighted by Gasteiger charge is -2.30. The summed E-state index contributed by atoms with van der Waals surface area (Å²) < 4.78 is 12.5. The zero-order chi connectivity index (χ0) is 36.3. The Kier molecular flexibility index (Phi) is 11.4. The number of hydrogen-bond acceptors (Lipinski definition) is 4. The molecular weight excluding hydrogens is 840 g/mol. The van der Waals surface area contributed by atoms with E-state index in [0.29, 0.717) is 4.83 Å². The van der Waals surface area contributed by atoms with Crippen LogP contribution < -0.4 is 24.6 Å². The van der Waals surface area contributed by atoms with Gasteiger partial charge < -0.3 is 19.7 Å². The van der Waals surface area contributed by atoms with Crippen molar-refractivity contribution < 1.29 is 19.1 Å². The van der Waals surface area contributed by atoms with Gasteiger partial charge in [0.15, 0.2) is 0 Å². The van der Waals surface area contributed by atoms with Gasteiger partial charge in [0.25, 0.3) is 0 Å². The van der Waals surface area contributed by atoms with E-state index in [1.165, 1.54) is 5.56 Å². The summed E-state index contributed by atoms with van der Waals surface area (Å²) in [5.74, 6) is 1.74. The Morgan fingerprint density at radius 1 is 0.686 bits per heavy atom. The fourth-order valence-corrected chi connectivity index (χ4v) is 7.44. The van der Waals surface area contributed by atoms with Crippen LogP contribution in [0.15, 0.2) is 106 Å². The second-order valence-electron chi connectivity index (χ2n) is 13.6. The number of halogens is 3. The van der Waals surface area contributed by atoms with Crippen molar-refractivity contribution in [2.75, 3.05) is 37.1 Å². The van der Waals surface area contributed by atoms with Crippen LogP contribution in [0, 0.1) is 0 Å². The Hall–Kier alpha value is -3.54. The first-order valence-corrected chi connectivity index (χ1v) is 19.6. The molecule has 4 amide bonds. The van der Waals surface area contributed by atoms with Gasteiger partial charge in [0, 0.05) is 25.1 Å². The zero-order valence-electron chi connectivity index (χ0n) is 29.2. The first kappa shape index (κ1) is 37.2. The lowest BCUT2D eigenvalue weighted by molar-refractivity contribution is 0.175. The second-order valence-corrected chi connectivity index (χ2v) is 16.8. The van der Waals surface area contributed by atoms with E-state index < -0.39 is 0 Å². The molecule has 268 valence electrons. The smallest absolute Gasteiger partial charge is 0.325 e. The van der Waals surface area contributed by atoms with Crippen molar-refractivity contribution in [1.82, 2.24) is 10.2 Å². The topological polar surface area (TPSA) is 74.3 Å². The minimum atomic E-state index is -0.0212. The van der Waals surface area contributed by atoms with Gasteiger partial charge in [-0.3, -0.25) is 9.80 Å². The molecule has 8 nitrogen and oxygen atoms in total. The molecule has 2 saturated carbocycles. The van der Waals surface area contributed by atoms with Gasteiger partial charge in [0.05, 0.1) is 44.4 Å². The van der Waals surface area contributed by atoms with Crippen molar-refractivity contribution in [1.29, 1.82) is 0 Å². The van der Waals surface area contributed by atoms with Crippen LogP contribution in [0.3, 0.4) is 0 Å². The van der Waals surface area contributed by atoms with E-state index in [0.717, 1.165) is 76.2 Å². The van der Waals surface area contributed by atoms with E-state index in [9.17, 15) is 9.59 Å². The lowest BCUT2D eigenvalue weighted by atomic mass is 10.0. The summed E-state index contributed by atoms with van der Waals surface area (Å²) in [6, 6.07) is 32.0. The van der Waals surface area contributed by atoms with Crippen LogP contribution in [0.25, 0.3) is 0 Å². The van der Waals surface area contributed by atoms with Crippen molar-refractivity contribution in [3.8, 4) is 11.5 Å². The zero-order valence-corrected chi connectivity index (χ0v) is 34.0. The summed E-state index contributed by atoms with van der Waals surface area (Å²) in [6.07, 6.45) is 4.37. The molecule has 2 spiro atoms. The Labute approximate surface area is 325 Å². The molecule has 4 aromatic rings. The summed E-state index contributed by atoms with van der Waals surface area (Å²) in [6.45, 7) is 5.78. The van der Waals surface area contributed by atoms with Crippen molar-refractivity contribution in [2.45, 2.75) is 61.5 Å². The molecule has 0 radical (unpaired) electrons. The number of carbonyl (C=O) groups is 2. The van der Waals surface area contributed by atoms with Gasteiger partial charge in [-0.05, 0) is 123 Å². The molecule has 2 heterocycles. The van der Waals surface area contributed by atoms with Gasteiger partial charge in [0.1, 0.15) is 11.5 Å². The Balaban J connectivity index is 0.000000146. The lowest BCUT2D eigenvalue weighted by Crippen LogP contribution is -2.38. The maximum absolute atomic E-state index is 13.2. The molecule has 2 aliphatic carbocycles. The van der Waals surface area contributed by atoms with Crippen LogP contribution in [0.4, 0.5) is 21.0 Å². The van der Waals surface area contributed by atoms with Crippen LogP contribution in [-0.4, -0.2) is 55.3 Å². The largest absolute Gasteiger partial charge is 0.497 e. The summed E-state index contributed by atoms with van der Waals surface area (Å²) in [5.41, 5.74) is 4.36. The number of rotatable bonds is 7. The second kappa shape index (κ2) is 15.6. The molecule has 51 heavy (non-hydrogen) atoms. The average Bonchev–Trinajstić information content (AvgIpc) is 4.04. The molecule has 1 N–H and O–H groups in total. The number of urea groups is 2. The quantitative estimate of drug-likeness (QED) is 0.188. The number of alkyl halides is 1. The molecular formula is C40H43Br3N4O4. The van der Waals surface area contributed by atoms with Crippen LogP contribution in [0.1, 0.15) is 61.5 Å². The van der Waals surface area contributed by atoms with Crippen molar-refractivity contribution in [2.24, 2.45) is 0 Å². The number of nitrogens with zero attached hydrogens (tertiary/aromatic N) is 3. The monoisotopic (exact) mass is 880 g/mol. The Morgan fingerprint density at radius 2 is 1.20 bits per heavy atom. The van der Waals surface area contributed by atoms with Crippen LogP contribution in [-0.2, 0) is 0 Å². The first-order chi connectivity index (χ1) is 24.5. The van der Waals surface area contributed by atoms with E-state index in [4.69, 9.17) is 9.47 Å². The molecule has 2 saturated heterocycles. The fourth-order valence-electron chi connectivity index (χ4n) is 6.62. The van der Waals surface area contributed by atoms with Gasteiger partial charge in [-0.15, -0.1) is 0 Å². The van der Waals surface area contributed by atoms with Gasteiger partial charge >= 0.3 is 12.1 Å². The van der Waals surface area contributed by atoms with Crippen molar-refractivity contribution in [3.05, 3.63) is 117 Å². The van der Waals surface area contributed by atoms with Gasteiger partial charge in [-0.1, -0.05) is 72.1 Å². The predicted octanol–water partition coefficient (Wildman–Crippen LogP) is 10.7. The molecule has 2 atom stereocenters. The average molecular weight is 884 g/mol. The molecule has 2 unspecified atom stereocenters. The van der Waals surface area contributed by atoms with Crippen LogP contribution in [0.2, 0.25) is 0 Å². The highest BCUT2D eigenvalue weighted by Gasteiger charge is 2.59. The van der Waals surface area contributed by atoms with Crippen molar-refractivity contribution >= 4 is 71.2 Å². The number of nitrogens with one attached hydrogen (secondary N) is 1. The maximum Gasteiger partial charge on any atom is 0.325 e. The highest BCUT2D eigenvalue weighted by Crippen LogP contribution is 2.51. The summed E-state index contributed by atoms with van der Waals surface area (Å²) >= 11 is 10.3. The van der Waals surface area contributed by atoms with Gasteiger partial charge in [-0.25, -0.2) is 9.59 Å². The number of hydrogen-bond donors (Lipinski definition) is 1. The third kappa shape index (κ3) is 8.58. The molecule has 4 fully saturated rings. The van der Waals surface area contributed by atoms with Crippen molar-refractivity contribution in [3.63, 3.8) is 0 Å². The summed E-state index contributed by atoms with van der Waals surface area (Å²) in [5, 5.41) is 3.04. The molecule has 8 rings (SSSR count). The normalized spacial score (nSPS) is 18.7. The molecule has 2 aliphatic heterocycles. The van der Waals surface area contributed by atoms with E-state index in [1.807, 2.05) is 94.7 Å².